The normalized spacial score (nSPS) is 14.9. The average molecular weight is 513 g/mol. The highest BCUT2D eigenvalue weighted by Gasteiger charge is 2.11. The first kappa shape index (κ1) is 23.4. The van der Waals surface area contributed by atoms with Crippen LogP contribution in [0.1, 0.15) is 50.8 Å². The van der Waals surface area contributed by atoms with E-state index in [9.17, 15) is 0 Å². The summed E-state index contributed by atoms with van der Waals surface area (Å²) >= 11 is 0. The first-order chi connectivity index (χ1) is 13.8. The van der Waals surface area contributed by atoms with Crippen molar-refractivity contribution in [2.45, 2.75) is 51.4 Å². The molecule has 0 saturated carbocycles. The number of hydrogen-bond donors (Lipinski definition) is 1. The number of nitrogens with two attached hydrogens (primary N) is 1. The molecule has 0 amide bonds. The number of benzene rings is 1. The van der Waals surface area contributed by atoms with Gasteiger partial charge in [0.05, 0.1) is 7.11 Å². The molecule has 0 unspecified atom stereocenters. The van der Waals surface area contributed by atoms with E-state index in [1.54, 1.807) is 7.11 Å². The largest absolute Gasteiger partial charge is 0.497 e. The van der Waals surface area contributed by atoms with Crippen molar-refractivity contribution < 1.29 is 9.26 Å². The lowest BCUT2D eigenvalue weighted by Crippen LogP contribution is -2.38. The molecule has 8 heteroatoms. The summed E-state index contributed by atoms with van der Waals surface area (Å²) in [6.07, 6.45) is 8.93. The number of aromatic nitrogens is 2. The van der Waals surface area contributed by atoms with Crippen molar-refractivity contribution in [2.75, 3.05) is 26.7 Å². The number of unbranched alkanes of at least 4 members (excludes halogenated alkanes) is 2. The van der Waals surface area contributed by atoms with Crippen LogP contribution in [0.4, 0.5) is 0 Å². The first-order valence-corrected chi connectivity index (χ1v) is 10.3. The van der Waals surface area contributed by atoms with Crippen LogP contribution >= 0.6 is 24.0 Å². The number of ether oxygens (including phenoxy) is 1. The van der Waals surface area contributed by atoms with Crippen molar-refractivity contribution in [3.05, 3.63) is 30.2 Å². The zero-order valence-electron chi connectivity index (χ0n) is 17.2. The minimum absolute atomic E-state index is 0. The van der Waals surface area contributed by atoms with E-state index in [0.29, 0.717) is 17.7 Å². The van der Waals surface area contributed by atoms with Gasteiger partial charge in [-0.05, 0) is 49.9 Å². The molecule has 1 aromatic carbocycles. The van der Waals surface area contributed by atoms with E-state index in [1.165, 1.54) is 25.7 Å². The van der Waals surface area contributed by atoms with Crippen molar-refractivity contribution in [1.29, 1.82) is 0 Å². The van der Waals surface area contributed by atoms with Crippen molar-refractivity contribution >= 4 is 29.9 Å². The summed E-state index contributed by atoms with van der Waals surface area (Å²) in [5, 5.41) is 4.07. The smallest absolute Gasteiger partial charge is 0.226 e. The molecule has 7 nitrogen and oxygen atoms in total. The van der Waals surface area contributed by atoms with E-state index in [2.05, 4.69) is 20.0 Å². The Morgan fingerprint density at radius 1 is 1.10 bits per heavy atom. The topological polar surface area (TPSA) is 89.8 Å². The van der Waals surface area contributed by atoms with Gasteiger partial charge in [0.15, 0.2) is 5.96 Å². The minimum atomic E-state index is 0. The Hall–Kier alpha value is -1.84. The molecule has 0 aliphatic carbocycles. The van der Waals surface area contributed by atoms with Gasteiger partial charge in [0.2, 0.25) is 11.7 Å². The molecular formula is C21H32IN5O2. The van der Waals surface area contributed by atoms with Crippen molar-refractivity contribution in [2.24, 2.45) is 10.7 Å². The number of aliphatic imine (C=N–C) groups is 1. The Morgan fingerprint density at radius 3 is 2.52 bits per heavy atom. The third-order valence-corrected chi connectivity index (χ3v) is 5.07. The van der Waals surface area contributed by atoms with Gasteiger partial charge >= 0.3 is 0 Å². The van der Waals surface area contributed by atoms with Crippen LogP contribution in [0.3, 0.4) is 0 Å². The number of halogens is 1. The van der Waals surface area contributed by atoms with E-state index in [-0.39, 0.29) is 24.0 Å². The van der Waals surface area contributed by atoms with E-state index >= 15 is 0 Å². The highest BCUT2D eigenvalue weighted by Crippen LogP contribution is 2.20. The molecule has 1 aliphatic rings. The fraction of sp³-hybridized carbons (Fsp3) is 0.571. The first-order valence-electron chi connectivity index (χ1n) is 10.3. The molecule has 2 N–H and O–H groups in total. The fourth-order valence-corrected chi connectivity index (χ4v) is 3.37. The third-order valence-electron chi connectivity index (χ3n) is 5.07. The summed E-state index contributed by atoms with van der Waals surface area (Å²) in [4.78, 5) is 11.3. The quantitative estimate of drug-likeness (QED) is 0.246. The van der Waals surface area contributed by atoms with Crippen LogP contribution in [-0.2, 0) is 6.42 Å². The standard InChI is InChI=1S/C21H31N5O2.HI/c1-27-18-12-10-17(11-13-18)20-24-19(28-25-20)9-5-4-6-14-23-21(22)26-15-7-2-3-8-16-26;/h10-13H,2-9,14-16H2,1H3,(H2,22,23);1H. The summed E-state index contributed by atoms with van der Waals surface area (Å²) in [6, 6.07) is 7.65. The number of nitrogens with zero attached hydrogens (tertiary/aromatic N) is 4. The average Bonchev–Trinajstić information content (AvgIpc) is 3.03. The van der Waals surface area contributed by atoms with Crippen molar-refractivity contribution in [3.63, 3.8) is 0 Å². The molecule has 0 spiro atoms. The van der Waals surface area contributed by atoms with E-state index in [4.69, 9.17) is 15.0 Å². The molecule has 0 bridgehead atoms. The number of rotatable bonds is 8. The van der Waals surface area contributed by atoms with Crippen molar-refractivity contribution in [1.82, 2.24) is 15.0 Å². The Bertz CT molecular complexity index is 740. The summed E-state index contributed by atoms with van der Waals surface area (Å²) in [6.45, 7) is 2.87. The fourth-order valence-electron chi connectivity index (χ4n) is 3.37. The lowest BCUT2D eigenvalue weighted by Gasteiger charge is -2.21. The summed E-state index contributed by atoms with van der Waals surface area (Å²) in [5.74, 6) is 2.82. The molecule has 0 atom stereocenters. The number of guanidine groups is 1. The van der Waals surface area contributed by atoms with Gasteiger partial charge in [-0.15, -0.1) is 24.0 Å². The van der Waals surface area contributed by atoms with E-state index < -0.39 is 0 Å². The highest BCUT2D eigenvalue weighted by molar-refractivity contribution is 14.0. The molecule has 1 fully saturated rings. The van der Waals surface area contributed by atoms with Gasteiger partial charge in [0, 0.05) is 31.6 Å². The number of hydrogen-bond acceptors (Lipinski definition) is 5. The highest BCUT2D eigenvalue weighted by atomic mass is 127. The van der Waals surface area contributed by atoms with Crippen LogP contribution in [0, 0.1) is 0 Å². The molecule has 1 saturated heterocycles. The number of methoxy groups -OCH3 is 1. The Morgan fingerprint density at radius 2 is 1.83 bits per heavy atom. The molecule has 2 aromatic rings. The van der Waals surface area contributed by atoms with Crippen molar-refractivity contribution in [3.8, 4) is 17.1 Å². The molecule has 3 rings (SSSR count). The van der Waals surface area contributed by atoms with Crippen LogP contribution in [0.2, 0.25) is 0 Å². The second kappa shape index (κ2) is 12.7. The van der Waals surface area contributed by atoms with E-state index in [1.807, 2.05) is 24.3 Å². The summed E-state index contributed by atoms with van der Waals surface area (Å²) in [7, 11) is 1.65. The predicted molar refractivity (Wildman–Crippen MR) is 126 cm³/mol. The lowest BCUT2D eigenvalue weighted by molar-refractivity contribution is 0.374. The maximum absolute atomic E-state index is 6.13. The van der Waals surface area contributed by atoms with Crippen LogP contribution in [-0.4, -0.2) is 47.7 Å². The molecule has 160 valence electrons. The zero-order chi connectivity index (χ0) is 19.6. The summed E-state index contributed by atoms with van der Waals surface area (Å²) < 4.78 is 10.5. The third kappa shape index (κ3) is 7.49. The monoisotopic (exact) mass is 513 g/mol. The SMILES string of the molecule is COc1ccc(-c2noc(CCCCCN=C(N)N3CCCCCC3)n2)cc1.I. The van der Waals surface area contributed by atoms with Gasteiger partial charge in [0.1, 0.15) is 5.75 Å². The number of likely N-dealkylation sites (tertiary alicyclic amines) is 1. The maximum atomic E-state index is 6.13. The molecular weight excluding hydrogens is 481 g/mol. The van der Waals surface area contributed by atoms with Gasteiger partial charge in [-0.1, -0.05) is 24.4 Å². The molecule has 0 radical (unpaired) electrons. The van der Waals surface area contributed by atoms with Gasteiger partial charge in [-0.3, -0.25) is 4.99 Å². The van der Waals surface area contributed by atoms with E-state index in [0.717, 1.165) is 56.6 Å². The molecule has 29 heavy (non-hydrogen) atoms. The minimum Gasteiger partial charge on any atom is -0.497 e. The summed E-state index contributed by atoms with van der Waals surface area (Å²) in [5.41, 5.74) is 7.06. The molecule has 1 aromatic heterocycles. The van der Waals surface area contributed by atoms with Gasteiger partial charge in [-0.2, -0.15) is 4.98 Å². The van der Waals surface area contributed by atoms with Gasteiger partial charge < -0.3 is 19.9 Å². The van der Waals surface area contributed by atoms with Crippen LogP contribution in [0.5, 0.6) is 5.75 Å². The maximum Gasteiger partial charge on any atom is 0.226 e. The number of aryl methyl sites for hydroxylation is 1. The lowest BCUT2D eigenvalue weighted by atomic mass is 10.2. The Kier molecular flexibility index (Phi) is 10.2. The molecule has 2 heterocycles. The second-order valence-electron chi connectivity index (χ2n) is 7.19. The zero-order valence-corrected chi connectivity index (χ0v) is 19.5. The Labute approximate surface area is 190 Å². The van der Waals surface area contributed by atoms with Crippen LogP contribution in [0.15, 0.2) is 33.8 Å². The Balaban J connectivity index is 0.00000300. The van der Waals surface area contributed by atoms with Gasteiger partial charge in [-0.25, -0.2) is 0 Å². The van der Waals surface area contributed by atoms with Gasteiger partial charge in [0.25, 0.3) is 0 Å². The predicted octanol–water partition coefficient (Wildman–Crippen LogP) is 4.27. The van der Waals surface area contributed by atoms with Crippen LogP contribution < -0.4 is 10.5 Å². The molecule has 1 aliphatic heterocycles. The van der Waals surface area contributed by atoms with Crippen LogP contribution in [0.25, 0.3) is 11.4 Å². The second-order valence-corrected chi connectivity index (χ2v) is 7.19.